The molecule has 2 heterocycles. The number of nitrogens with zero attached hydrogens (tertiary/aromatic N) is 2. The lowest BCUT2D eigenvalue weighted by Crippen LogP contribution is -2.38. The lowest BCUT2D eigenvalue weighted by molar-refractivity contribution is -0.121. The molecule has 2 aliphatic rings. The molecule has 10 heteroatoms. The van der Waals surface area contributed by atoms with Crippen molar-refractivity contribution in [2.45, 2.75) is 11.3 Å². The van der Waals surface area contributed by atoms with Gasteiger partial charge in [-0.05, 0) is 18.2 Å². The van der Waals surface area contributed by atoms with E-state index in [1.807, 2.05) is 0 Å². The first-order chi connectivity index (χ1) is 11.3. The summed E-state index contributed by atoms with van der Waals surface area (Å²) < 4.78 is 43.6. The summed E-state index contributed by atoms with van der Waals surface area (Å²) in [5.41, 5.74) is 0.208. The van der Waals surface area contributed by atoms with Crippen LogP contribution in [-0.4, -0.2) is 56.0 Å². The van der Waals surface area contributed by atoms with Crippen molar-refractivity contribution in [2.75, 3.05) is 30.1 Å². The molecule has 0 saturated carbocycles. The van der Waals surface area contributed by atoms with Gasteiger partial charge >= 0.3 is 0 Å². The predicted octanol–water partition coefficient (Wildman–Crippen LogP) is 1.84. The van der Waals surface area contributed by atoms with Crippen LogP contribution >= 0.6 is 27.7 Å². The van der Waals surface area contributed by atoms with Crippen LogP contribution in [0.3, 0.4) is 0 Å². The minimum Gasteiger partial charge on any atom is -0.375 e. The number of thioether (sulfide) groups is 1. The standard InChI is InChI=1S/C14H14BrFN2O4S2/c1-22-5-13(19)17-14-18(10-3-2-8(15)4-9(10)16)11-6-24(20,21)7-12(11)23-14/h2-4,11-12H,5-7H2,1H3/t11-,12-/m0/s1. The van der Waals surface area contributed by atoms with Crippen LogP contribution in [0, 0.1) is 5.82 Å². The van der Waals surface area contributed by atoms with Gasteiger partial charge in [-0.1, -0.05) is 27.7 Å². The third kappa shape index (κ3) is 3.51. The quantitative estimate of drug-likeness (QED) is 0.719. The molecule has 0 aromatic heterocycles. The highest BCUT2D eigenvalue weighted by atomic mass is 79.9. The van der Waals surface area contributed by atoms with Gasteiger partial charge in [0.2, 0.25) is 0 Å². The number of sulfone groups is 1. The van der Waals surface area contributed by atoms with Crippen LogP contribution in [0.25, 0.3) is 0 Å². The maximum atomic E-state index is 14.4. The van der Waals surface area contributed by atoms with Gasteiger partial charge in [-0.25, -0.2) is 12.8 Å². The van der Waals surface area contributed by atoms with Gasteiger partial charge in [-0.15, -0.1) is 0 Å². The molecule has 0 spiro atoms. The number of rotatable bonds is 3. The normalized spacial score (nSPS) is 26.8. The Morgan fingerprint density at radius 1 is 1.50 bits per heavy atom. The molecule has 2 atom stereocenters. The Labute approximate surface area is 151 Å². The van der Waals surface area contributed by atoms with Crippen molar-refractivity contribution >= 4 is 54.3 Å². The average Bonchev–Trinajstić information content (AvgIpc) is 2.91. The second-order valence-electron chi connectivity index (χ2n) is 5.49. The number of aliphatic imine (C=N–C) groups is 1. The van der Waals surface area contributed by atoms with Crippen LogP contribution in [0.2, 0.25) is 0 Å². The van der Waals surface area contributed by atoms with E-state index in [2.05, 4.69) is 20.9 Å². The zero-order chi connectivity index (χ0) is 17.5. The molecule has 2 aliphatic heterocycles. The summed E-state index contributed by atoms with van der Waals surface area (Å²) in [6, 6.07) is 4.06. The van der Waals surface area contributed by atoms with Crippen molar-refractivity contribution in [1.82, 2.24) is 0 Å². The molecule has 0 aliphatic carbocycles. The molecule has 1 aromatic carbocycles. The Morgan fingerprint density at radius 2 is 2.25 bits per heavy atom. The fraction of sp³-hybridized carbons (Fsp3) is 0.429. The number of amides is 1. The van der Waals surface area contributed by atoms with Crippen LogP contribution in [0.15, 0.2) is 27.7 Å². The van der Waals surface area contributed by atoms with Gasteiger partial charge in [0.15, 0.2) is 15.0 Å². The number of carbonyl (C=O) groups excluding carboxylic acids is 1. The Balaban J connectivity index is 2.03. The van der Waals surface area contributed by atoms with Crippen molar-refractivity contribution in [1.29, 1.82) is 0 Å². The molecule has 0 N–H and O–H groups in total. The van der Waals surface area contributed by atoms with E-state index in [4.69, 9.17) is 4.74 Å². The van der Waals surface area contributed by atoms with Crippen molar-refractivity contribution in [3.05, 3.63) is 28.5 Å². The van der Waals surface area contributed by atoms with E-state index in [9.17, 15) is 17.6 Å². The summed E-state index contributed by atoms with van der Waals surface area (Å²) in [4.78, 5) is 17.3. The molecule has 0 bridgehead atoms. The maximum Gasteiger partial charge on any atom is 0.274 e. The topological polar surface area (TPSA) is 76.0 Å². The predicted molar refractivity (Wildman–Crippen MR) is 94.7 cm³/mol. The lowest BCUT2D eigenvalue weighted by Gasteiger charge is -2.25. The number of amidine groups is 1. The molecule has 6 nitrogen and oxygen atoms in total. The average molecular weight is 437 g/mol. The first kappa shape index (κ1) is 17.8. The fourth-order valence-electron chi connectivity index (χ4n) is 2.79. The van der Waals surface area contributed by atoms with E-state index in [-0.39, 0.29) is 29.0 Å². The van der Waals surface area contributed by atoms with Crippen molar-refractivity contribution < 1.29 is 22.3 Å². The smallest absolute Gasteiger partial charge is 0.274 e. The van der Waals surface area contributed by atoms with Gasteiger partial charge in [0, 0.05) is 16.8 Å². The molecule has 3 rings (SSSR count). The van der Waals surface area contributed by atoms with E-state index in [0.29, 0.717) is 9.64 Å². The van der Waals surface area contributed by atoms with Crippen molar-refractivity contribution in [3.63, 3.8) is 0 Å². The third-order valence-electron chi connectivity index (χ3n) is 3.72. The SMILES string of the molecule is COCC(=O)N=C1S[C@H]2CS(=O)(=O)C[C@@H]2N1c1ccc(Br)cc1F. The Bertz CT molecular complexity index is 815. The molecule has 24 heavy (non-hydrogen) atoms. The van der Waals surface area contributed by atoms with Gasteiger partial charge in [0.1, 0.15) is 12.4 Å². The summed E-state index contributed by atoms with van der Waals surface area (Å²) in [6.07, 6.45) is 0. The number of fused-ring (bicyclic) bond motifs is 1. The van der Waals surface area contributed by atoms with Crippen molar-refractivity contribution in [2.24, 2.45) is 4.99 Å². The van der Waals surface area contributed by atoms with E-state index in [1.165, 1.54) is 29.8 Å². The van der Waals surface area contributed by atoms with Gasteiger partial charge < -0.3 is 9.64 Å². The molecule has 0 radical (unpaired) electrons. The summed E-state index contributed by atoms with van der Waals surface area (Å²) in [6.45, 7) is -0.186. The zero-order valence-electron chi connectivity index (χ0n) is 12.6. The number of methoxy groups -OCH3 is 1. The fourth-order valence-corrected chi connectivity index (χ4v) is 7.04. The van der Waals surface area contributed by atoms with E-state index in [0.717, 1.165) is 0 Å². The highest BCUT2D eigenvalue weighted by Crippen LogP contribution is 2.42. The van der Waals surface area contributed by atoms with Gasteiger partial charge in [0.05, 0.1) is 23.2 Å². The number of halogens is 2. The highest BCUT2D eigenvalue weighted by molar-refractivity contribution is 9.10. The van der Waals surface area contributed by atoms with Gasteiger partial charge in [0.25, 0.3) is 5.91 Å². The Kier molecular flexibility index (Phi) is 5.01. The molecule has 1 aromatic rings. The Hall–Kier alpha value is -0.970. The summed E-state index contributed by atoms with van der Waals surface area (Å²) in [5, 5.41) is 0.0373. The Morgan fingerprint density at radius 3 is 2.92 bits per heavy atom. The molecule has 2 fully saturated rings. The number of ether oxygens (including phenoxy) is 1. The zero-order valence-corrected chi connectivity index (χ0v) is 15.8. The number of hydrogen-bond donors (Lipinski definition) is 0. The number of hydrogen-bond acceptors (Lipinski definition) is 5. The number of benzene rings is 1. The largest absolute Gasteiger partial charge is 0.375 e. The molecular weight excluding hydrogens is 423 g/mol. The third-order valence-corrected chi connectivity index (χ3v) is 7.43. The van der Waals surface area contributed by atoms with Gasteiger partial charge in [-0.3, -0.25) is 4.79 Å². The van der Waals surface area contributed by atoms with Crippen molar-refractivity contribution in [3.8, 4) is 0 Å². The molecule has 0 unspecified atom stereocenters. The first-order valence-electron chi connectivity index (χ1n) is 7.02. The van der Waals surface area contributed by atoms with E-state index in [1.54, 1.807) is 12.1 Å². The maximum absolute atomic E-state index is 14.4. The van der Waals surface area contributed by atoms with Crippen LogP contribution in [-0.2, 0) is 19.4 Å². The molecular formula is C14H14BrFN2O4S2. The number of carbonyl (C=O) groups is 1. The van der Waals surface area contributed by atoms with Gasteiger partial charge in [-0.2, -0.15) is 4.99 Å². The van der Waals surface area contributed by atoms with Crippen LogP contribution < -0.4 is 4.90 Å². The monoisotopic (exact) mass is 436 g/mol. The van der Waals surface area contributed by atoms with E-state index >= 15 is 0 Å². The molecule has 1 amide bonds. The highest BCUT2D eigenvalue weighted by Gasteiger charge is 2.49. The van der Waals surface area contributed by atoms with Crippen LogP contribution in [0.5, 0.6) is 0 Å². The second-order valence-corrected chi connectivity index (χ2v) is 9.76. The van der Waals surface area contributed by atoms with E-state index < -0.39 is 27.6 Å². The summed E-state index contributed by atoms with van der Waals surface area (Å²) in [5.74, 6) is -1.10. The minimum atomic E-state index is -3.19. The van der Waals surface area contributed by atoms with Crippen LogP contribution in [0.1, 0.15) is 0 Å². The second kappa shape index (κ2) is 6.74. The first-order valence-corrected chi connectivity index (χ1v) is 10.5. The number of anilines is 1. The summed E-state index contributed by atoms with van der Waals surface area (Å²) >= 11 is 4.39. The summed E-state index contributed by atoms with van der Waals surface area (Å²) in [7, 11) is -1.81. The lowest BCUT2D eigenvalue weighted by atomic mass is 10.2. The van der Waals surface area contributed by atoms with Crippen LogP contribution in [0.4, 0.5) is 10.1 Å². The minimum absolute atomic E-state index is 0.00549. The molecule has 130 valence electrons. The molecule has 2 saturated heterocycles.